The molecule has 1 atom stereocenters. The molecular formula is C18H26N2O5S. The van der Waals surface area contributed by atoms with Crippen molar-refractivity contribution >= 4 is 21.9 Å². The Morgan fingerprint density at radius 1 is 1.19 bits per heavy atom. The fraction of sp³-hybridized carbons (Fsp3) is 0.556. The zero-order valence-corrected chi connectivity index (χ0v) is 16.2. The number of rotatable bonds is 7. The summed E-state index contributed by atoms with van der Waals surface area (Å²) in [6, 6.07) is 4.86. The van der Waals surface area contributed by atoms with Crippen molar-refractivity contribution in [2.75, 3.05) is 6.54 Å². The maximum Gasteiger partial charge on any atom is 0.321 e. The molecule has 144 valence electrons. The average Bonchev–Trinajstić information content (AvgIpc) is 3.08. The quantitative estimate of drug-likeness (QED) is 0.697. The number of amides is 1. The van der Waals surface area contributed by atoms with Crippen LogP contribution < -0.4 is 10.0 Å². The first kappa shape index (κ1) is 20.4. The van der Waals surface area contributed by atoms with E-state index < -0.39 is 28.6 Å². The lowest BCUT2D eigenvalue weighted by Gasteiger charge is -2.17. The number of nitrogens with one attached hydrogen (secondary N) is 2. The topological polar surface area (TPSA) is 102 Å². The summed E-state index contributed by atoms with van der Waals surface area (Å²) in [5.41, 5.74) is 1.82. The van der Waals surface area contributed by atoms with Crippen molar-refractivity contribution < 1.29 is 22.7 Å². The molecule has 1 aliphatic carbocycles. The molecule has 8 heteroatoms. The number of hydrogen-bond donors (Lipinski definition) is 2. The van der Waals surface area contributed by atoms with Crippen molar-refractivity contribution in [3.05, 3.63) is 29.3 Å². The second-order valence-corrected chi connectivity index (χ2v) is 8.46. The van der Waals surface area contributed by atoms with Crippen LogP contribution in [0.4, 0.5) is 0 Å². The van der Waals surface area contributed by atoms with Gasteiger partial charge >= 0.3 is 5.97 Å². The summed E-state index contributed by atoms with van der Waals surface area (Å²) >= 11 is 0. The summed E-state index contributed by atoms with van der Waals surface area (Å²) in [7, 11) is -3.82. The second-order valence-electron chi connectivity index (χ2n) is 6.69. The Labute approximate surface area is 154 Å². The summed E-state index contributed by atoms with van der Waals surface area (Å²) in [5.74, 6) is -1.16. The van der Waals surface area contributed by atoms with Crippen LogP contribution >= 0.6 is 0 Å². The number of esters is 1. The minimum Gasteiger partial charge on any atom is -0.452 e. The lowest BCUT2D eigenvalue weighted by molar-refractivity contribution is -0.153. The summed E-state index contributed by atoms with van der Waals surface area (Å²) in [6.45, 7) is 4.64. The molecule has 0 bridgehead atoms. The highest BCUT2D eigenvalue weighted by Gasteiger charge is 2.24. The Balaban J connectivity index is 1.84. The molecule has 1 saturated carbocycles. The van der Waals surface area contributed by atoms with Gasteiger partial charge in [0.15, 0.2) is 6.10 Å². The van der Waals surface area contributed by atoms with Crippen molar-refractivity contribution in [2.24, 2.45) is 0 Å². The first-order valence-corrected chi connectivity index (χ1v) is 10.2. The predicted octanol–water partition coefficient (Wildman–Crippen LogP) is 1.57. The van der Waals surface area contributed by atoms with Gasteiger partial charge in [0.2, 0.25) is 10.0 Å². The Hall–Kier alpha value is -1.93. The lowest BCUT2D eigenvalue weighted by Crippen LogP contribution is -2.42. The third-order valence-corrected chi connectivity index (χ3v) is 5.97. The molecule has 2 N–H and O–H groups in total. The average molecular weight is 382 g/mol. The van der Waals surface area contributed by atoms with Crippen LogP contribution in [-0.4, -0.2) is 39.0 Å². The first-order valence-electron chi connectivity index (χ1n) is 8.76. The number of carbonyl (C=O) groups is 2. The van der Waals surface area contributed by atoms with Crippen LogP contribution in [0.2, 0.25) is 0 Å². The minimum absolute atomic E-state index is 0.0837. The molecule has 1 aromatic carbocycles. The van der Waals surface area contributed by atoms with Gasteiger partial charge in [-0.15, -0.1) is 0 Å². The van der Waals surface area contributed by atoms with E-state index in [1.54, 1.807) is 12.1 Å². The van der Waals surface area contributed by atoms with Gasteiger partial charge in [0, 0.05) is 6.04 Å². The van der Waals surface area contributed by atoms with Gasteiger partial charge in [-0.25, -0.2) is 8.42 Å². The van der Waals surface area contributed by atoms with E-state index in [0.29, 0.717) is 0 Å². The number of ether oxygens (including phenoxy) is 1. The Morgan fingerprint density at radius 3 is 2.46 bits per heavy atom. The molecule has 26 heavy (non-hydrogen) atoms. The smallest absolute Gasteiger partial charge is 0.321 e. The zero-order valence-electron chi connectivity index (χ0n) is 15.4. The van der Waals surface area contributed by atoms with Gasteiger partial charge in [0.25, 0.3) is 5.91 Å². The van der Waals surface area contributed by atoms with Crippen LogP contribution in [0.15, 0.2) is 23.1 Å². The van der Waals surface area contributed by atoms with Crippen LogP contribution in [-0.2, 0) is 24.3 Å². The molecule has 1 amide bonds. The Bertz CT molecular complexity index is 770. The fourth-order valence-corrected chi connectivity index (χ4v) is 3.85. The third-order valence-electron chi connectivity index (χ3n) is 4.57. The molecule has 1 fully saturated rings. The van der Waals surface area contributed by atoms with E-state index in [0.717, 1.165) is 36.8 Å². The molecule has 7 nitrogen and oxygen atoms in total. The minimum atomic E-state index is -3.82. The maximum atomic E-state index is 12.3. The zero-order chi connectivity index (χ0) is 19.3. The highest BCUT2D eigenvalue weighted by Crippen LogP contribution is 2.18. The molecule has 0 saturated heterocycles. The van der Waals surface area contributed by atoms with E-state index in [1.807, 2.05) is 13.8 Å². The first-order chi connectivity index (χ1) is 12.2. The summed E-state index contributed by atoms with van der Waals surface area (Å²) in [5, 5.41) is 2.84. The van der Waals surface area contributed by atoms with Crippen molar-refractivity contribution in [2.45, 2.75) is 63.5 Å². The van der Waals surface area contributed by atoms with Gasteiger partial charge in [-0.05, 0) is 56.9 Å². The fourth-order valence-electron chi connectivity index (χ4n) is 2.80. The summed E-state index contributed by atoms with van der Waals surface area (Å²) in [6.07, 6.45) is 3.07. The highest BCUT2D eigenvalue weighted by molar-refractivity contribution is 7.89. The van der Waals surface area contributed by atoms with E-state index >= 15 is 0 Å². The molecular weight excluding hydrogens is 356 g/mol. The van der Waals surface area contributed by atoms with Crippen LogP contribution in [0.1, 0.15) is 43.7 Å². The molecule has 0 spiro atoms. The molecule has 1 aliphatic rings. The van der Waals surface area contributed by atoms with Crippen LogP contribution in [0.25, 0.3) is 0 Å². The van der Waals surface area contributed by atoms with Gasteiger partial charge in [-0.1, -0.05) is 18.9 Å². The van der Waals surface area contributed by atoms with E-state index in [-0.39, 0.29) is 16.8 Å². The largest absolute Gasteiger partial charge is 0.452 e. The van der Waals surface area contributed by atoms with E-state index in [1.165, 1.54) is 13.0 Å². The standard InChI is InChI=1S/C18H26N2O5S/c1-12-8-9-16(10-13(12)2)26(23,24)19-11-17(21)25-14(3)18(22)20-15-6-4-5-7-15/h8-10,14-15,19H,4-7,11H2,1-3H3,(H,20,22)/t14-/m0/s1. The number of carbonyl (C=O) groups excluding carboxylic acids is 2. The molecule has 0 unspecified atom stereocenters. The van der Waals surface area contributed by atoms with Crippen molar-refractivity contribution in [3.63, 3.8) is 0 Å². The van der Waals surface area contributed by atoms with Gasteiger partial charge < -0.3 is 10.1 Å². The van der Waals surface area contributed by atoms with E-state index in [4.69, 9.17) is 4.74 Å². The monoisotopic (exact) mass is 382 g/mol. The van der Waals surface area contributed by atoms with Crippen molar-refractivity contribution in [3.8, 4) is 0 Å². The molecule has 0 aromatic heterocycles. The van der Waals surface area contributed by atoms with Gasteiger partial charge in [0.05, 0.1) is 4.90 Å². The van der Waals surface area contributed by atoms with Crippen LogP contribution in [0.5, 0.6) is 0 Å². The van der Waals surface area contributed by atoms with Gasteiger partial charge in [-0.2, -0.15) is 4.72 Å². The molecule has 0 heterocycles. The molecule has 1 aromatic rings. The summed E-state index contributed by atoms with van der Waals surface area (Å²) in [4.78, 5) is 23.9. The normalized spacial score (nSPS) is 16.3. The number of sulfonamides is 1. The third kappa shape index (κ3) is 5.54. The Morgan fingerprint density at radius 2 is 1.85 bits per heavy atom. The number of hydrogen-bond acceptors (Lipinski definition) is 5. The second kappa shape index (κ2) is 8.64. The van der Waals surface area contributed by atoms with Crippen LogP contribution in [0.3, 0.4) is 0 Å². The van der Waals surface area contributed by atoms with Crippen LogP contribution in [0, 0.1) is 13.8 Å². The van der Waals surface area contributed by atoms with Gasteiger partial charge in [-0.3, -0.25) is 9.59 Å². The van der Waals surface area contributed by atoms with Gasteiger partial charge in [0.1, 0.15) is 6.54 Å². The van der Waals surface area contributed by atoms with E-state index in [9.17, 15) is 18.0 Å². The number of benzene rings is 1. The van der Waals surface area contributed by atoms with E-state index in [2.05, 4.69) is 10.0 Å². The Kier molecular flexibility index (Phi) is 6.77. The maximum absolute atomic E-state index is 12.3. The number of aryl methyl sites for hydroxylation is 2. The van der Waals surface area contributed by atoms with Crippen molar-refractivity contribution in [1.82, 2.24) is 10.0 Å². The highest BCUT2D eigenvalue weighted by atomic mass is 32.2. The lowest BCUT2D eigenvalue weighted by atomic mass is 10.1. The molecule has 2 rings (SSSR count). The predicted molar refractivity (Wildman–Crippen MR) is 97.1 cm³/mol. The summed E-state index contributed by atoms with van der Waals surface area (Å²) < 4.78 is 31.7. The van der Waals surface area contributed by atoms with Crippen molar-refractivity contribution in [1.29, 1.82) is 0 Å². The molecule has 0 radical (unpaired) electrons. The molecule has 0 aliphatic heterocycles. The SMILES string of the molecule is Cc1ccc(S(=O)(=O)NCC(=O)O[C@@H](C)C(=O)NC2CCCC2)cc1C.